The van der Waals surface area contributed by atoms with E-state index >= 15 is 0 Å². The first kappa shape index (κ1) is 14.1. The normalized spacial score (nSPS) is 15.6. The number of nitrogens with one attached hydrogen (secondary N) is 2. The molecule has 0 aromatic heterocycles. The number of aryl methyl sites for hydroxylation is 1. The molecule has 1 aromatic rings. The molecular weight excluding hydrogens is 236 g/mol. The van der Waals surface area contributed by atoms with Crippen LogP contribution in [0.5, 0.6) is 0 Å². The van der Waals surface area contributed by atoms with Gasteiger partial charge in [-0.3, -0.25) is 4.79 Å². The second-order valence-corrected chi connectivity index (χ2v) is 5.46. The molecule has 104 valence electrons. The molecule has 1 amide bonds. The van der Waals surface area contributed by atoms with Gasteiger partial charge in [-0.1, -0.05) is 42.7 Å². The highest BCUT2D eigenvalue weighted by atomic mass is 16.1. The third-order valence-electron chi connectivity index (χ3n) is 3.70. The Hall–Kier alpha value is -1.35. The van der Waals surface area contributed by atoms with Crippen molar-refractivity contribution >= 4 is 5.91 Å². The SMILES string of the molecule is Cc1ccc(CNCCC(=O)NC2CCCC2)cc1. The molecule has 0 saturated heterocycles. The van der Waals surface area contributed by atoms with E-state index in [1.54, 1.807) is 0 Å². The lowest BCUT2D eigenvalue weighted by Gasteiger charge is -2.12. The number of benzene rings is 1. The highest BCUT2D eigenvalue weighted by Crippen LogP contribution is 2.17. The van der Waals surface area contributed by atoms with Gasteiger partial charge in [0, 0.05) is 25.6 Å². The van der Waals surface area contributed by atoms with Crippen LogP contribution in [0.25, 0.3) is 0 Å². The van der Waals surface area contributed by atoms with E-state index in [0.717, 1.165) is 25.9 Å². The zero-order valence-electron chi connectivity index (χ0n) is 11.7. The van der Waals surface area contributed by atoms with Crippen LogP contribution in [0.15, 0.2) is 24.3 Å². The molecule has 3 heteroatoms. The average Bonchev–Trinajstić information content (AvgIpc) is 2.89. The average molecular weight is 260 g/mol. The van der Waals surface area contributed by atoms with Crippen LogP contribution in [0.4, 0.5) is 0 Å². The van der Waals surface area contributed by atoms with E-state index in [1.165, 1.54) is 24.0 Å². The molecule has 1 aliphatic carbocycles. The van der Waals surface area contributed by atoms with E-state index < -0.39 is 0 Å². The van der Waals surface area contributed by atoms with Crippen LogP contribution in [-0.4, -0.2) is 18.5 Å². The van der Waals surface area contributed by atoms with Gasteiger partial charge in [0.05, 0.1) is 0 Å². The summed E-state index contributed by atoms with van der Waals surface area (Å²) in [4.78, 5) is 11.7. The Bertz CT molecular complexity index is 394. The molecule has 0 radical (unpaired) electrons. The number of amides is 1. The van der Waals surface area contributed by atoms with E-state index in [-0.39, 0.29) is 5.91 Å². The Morgan fingerprint density at radius 2 is 1.89 bits per heavy atom. The van der Waals surface area contributed by atoms with Gasteiger partial charge in [-0.15, -0.1) is 0 Å². The quantitative estimate of drug-likeness (QED) is 0.772. The van der Waals surface area contributed by atoms with Gasteiger partial charge in [0.2, 0.25) is 5.91 Å². The first-order valence-electron chi connectivity index (χ1n) is 7.29. The minimum Gasteiger partial charge on any atom is -0.353 e. The van der Waals surface area contributed by atoms with Gasteiger partial charge in [-0.05, 0) is 25.3 Å². The largest absolute Gasteiger partial charge is 0.353 e. The van der Waals surface area contributed by atoms with Crippen molar-refractivity contribution in [3.05, 3.63) is 35.4 Å². The van der Waals surface area contributed by atoms with Gasteiger partial charge in [-0.2, -0.15) is 0 Å². The lowest BCUT2D eigenvalue weighted by Crippen LogP contribution is -2.34. The summed E-state index contributed by atoms with van der Waals surface area (Å²) < 4.78 is 0. The number of hydrogen-bond acceptors (Lipinski definition) is 2. The highest BCUT2D eigenvalue weighted by Gasteiger charge is 2.16. The Labute approximate surface area is 115 Å². The van der Waals surface area contributed by atoms with Crippen molar-refractivity contribution in [2.45, 2.75) is 51.6 Å². The lowest BCUT2D eigenvalue weighted by atomic mass is 10.1. The van der Waals surface area contributed by atoms with Crippen LogP contribution in [0.2, 0.25) is 0 Å². The lowest BCUT2D eigenvalue weighted by molar-refractivity contribution is -0.121. The van der Waals surface area contributed by atoms with Gasteiger partial charge >= 0.3 is 0 Å². The van der Waals surface area contributed by atoms with Gasteiger partial charge < -0.3 is 10.6 Å². The molecule has 3 nitrogen and oxygen atoms in total. The number of rotatable bonds is 6. The second-order valence-electron chi connectivity index (χ2n) is 5.46. The summed E-state index contributed by atoms with van der Waals surface area (Å²) in [6.45, 7) is 3.66. The zero-order chi connectivity index (χ0) is 13.5. The number of carbonyl (C=O) groups excluding carboxylic acids is 1. The van der Waals surface area contributed by atoms with Crippen LogP contribution in [0.1, 0.15) is 43.2 Å². The maximum Gasteiger partial charge on any atom is 0.221 e. The van der Waals surface area contributed by atoms with Gasteiger partial charge in [-0.25, -0.2) is 0 Å². The highest BCUT2D eigenvalue weighted by molar-refractivity contribution is 5.76. The molecule has 1 fully saturated rings. The van der Waals surface area contributed by atoms with Crippen molar-refractivity contribution in [1.29, 1.82) is 0 Å². The molecule has 1 saturated carbocycles. The summed E-state index contributed by atoms with van der Waals surface area (Å²) in [6, 6.07) is 8.92. The van der Waals surface area contributed by atoms with E-state index in [1.807, 2.05) is 0 Å². The maximum absolute atomic E-state index is 11.7. The molecule has 2 rings (SSSR count). The van der Waals surface area contributed by atoms with E-state index in [2.05, 4.69) is 41.8 Å². The summed E-state index contributed by atoms with van der Waals surface area (Å²) in [6.07, 6.45) is 5.40. The molecule has 0 aliphatic heterocycles. The van der Waals surface area contributed by atoms with Crippen LogP contribution < -0.4 is 10.6 Å². The fraction of sp³-hybridized carbons (Fsp3) is 0.562. The molecule has 0 heterocycles. The second kappa shape index (κ2) is 7.29. The minimum atomic E-state index is 0.184. The zero-order valence-corrected chi connectivity index (χ0v) is 11.7. The molecule has 2 N–H and O–H groups in total. The summed E-state index contributed by atoms with van der Waals surface area (Å²) in [5, 5.41) is 6.42. The summed E-state index contributed by atoms with van der Waals surface area (Å²) >= 11 is 0. The molecule has 0 bridgehead atoms. The minimum absolute atomic E-state index is 0.184. The van der Waals surface area contributed by atoms with Crippen molar-refractivity contribution in [3.8, 4) is 0 Å². The third-order valence-corrected chi connectivity index (χ3v) is 3.70. The predicted octanol–water partition coefficient (Wildman–Crippen LogP) is 2.53. The first-order valence-corrected chi connectivity index (χ1v) is 7.29. The first-order chi connectivity index (χ1) is 9.24. The van der Waals surface area contributed by atoms with Gasteiger partial charge in [0.25, 0.3) is 0 Å². The van der Waals surface area contributed by atoms with E-state index in [0.29, 0.717) is 12.5 Å². The predicted molar refractivity (Wildman–Crippen MR) is 77.9 cm³/mol. The van der Waals surface area contributed by atoms with Crippen LogP contribution in [0, 0.1) is 6.92 Å². The fourth-order valence-electron chi connectivity index (χ4n) is 2.51. The standard InChI is InChI=1S/C16H24N2O/c1-13-6-8-14(9-7-13)12-17-11-10-16(19)18-15-4-2-3-5-15/h6-9,15,17H,2-5,10-12H2,1H3,(H,18,19). The smallest absolute Gasteiger partial charge is 0.221 e. The maximum atomic E-state index is 11.7. The molecule has 19 heavy (non-hydrogen) atoms. The molecule has 1 aliphatic rings. The van der Waals surface area contributed by atoms with Gasteiger partial charge in [0.1, 0.15) is 0 Å². The van der Waals surface area contributed by atoms with Crippen LogP contribution in [-0.2, 0) is 11.3 Å². The molecule has 0 spiro atoms. The summed E-state index contributed by atoms with van der Waals surface area (Å²) in [5.41, 5.74) is 2.54. The van der Waals surface area contributed by atoms with Crippen molar-refractivity contribution in [2.75, 3.05) is 6.54 Å². The molecule has 1 aromatic carbocycles. The molecule has 0 atom stereocenters. The monoisotopic (exact) mass is 260 g/mol. The Balaban J connectivity index is 1.58. The van der Waals surface area contributed by atoms with Crippen LogP contribution in [0.3, 0.4) is 0 Å². The molecular formula is C16H24N2O. The van der Waals surface area contributed by atoms with E-state index in [9.17, 15) is 4.79 Å². The topological polar surface area (TPSA) is 41.1 Å². The van der Waals surface area contributed by atoms with Crippen molar-refractivity contribution in [2.24, 2.45) is 0 Å². The van der Waals surface area contributed by atoms with Gasteiger partial charge in [0.15, 0.2) is 0 Å². The van der Waals surface area contributed by atoms with E-state index in [4.69, 9.17) is 0 Å². The Morgan fingerprint density at radius 3 is 2.58 bits per heavy atom. The number of carbonyl (C=O) groups is 1. The summed E-state index contributed by atoms with van der Waals surface area (Å²) in [7, 11) is 0. The van der Waals surface area contributed by atoms with Crippen LogP contribution >= 0.6 is 0 Å². The Morgan fingerprint density at radius 1 is 1.21 bits per heavy atom. The fourth-order valence-corrected chi connectivity index (χ4v) is 2.51. The third kappa shape index (κ3) is 5.03. The number of hydrogen-bond donors (Lipinski definition) is 2. The molecule has 0 unspecified atom stereocenters. The van der Waals surface area contributed by atoms with Crippen molar-refractivity contribution in [1.82, 2.24) is 10.6 Å². The van der Waals surface area contributed by atoms with Crippen molar-refractivity contribution < 1.29 is 4.79 Å². The Kier molecular flexibility index (Phi) is 5.40. The van der Waals surface area contributed by atoms with Crippen molar-refractivity contribution in [3.63, 3.8) is 0 Å². The summed E-state index contributed by atoms with van der Waals surface area (Å²) in [5.74, 6) is 0.184.